The van der Waals surface area contributed by atoms with E-state index in [0.29, 0.717) is 0 Å². The van der Waals surface area contributed by atoms with Crippen molar-refractivity contribution in [2.45, 2.75) is 20.8 Å². The molecule has 4 nitrogen and oxygen atoms in total. The summed E-state index contributed by atoms with van der Waals surface area (Å²) in [6.45, 7) is 6.00. The Kier molecular flexibility index (Phi) is 5.31. The van der Waals surface area contributed by atoms with Crippen LogP contribution in [0.3, 0.4) is 0 Å². The van der Waals surface area contributed by atoms with Gasteiger partial charge in [-0.25, -0.2) is 9.97 Å². The van der Waals surface area contributed by atoms with Gasteiger partial charge in [0.2, 0.25) is 0 Å². The molecule has 0 atom stereocenters. The molecule has 1 aromatic heterocycles. The zero-order valence-corrected chi connectivity index (χ0v) is 13.4. The van der Waals surface area contributed by atoms with E-state index in [1.807, 2.05) is 63.2 Å². The summed E-state index contributed by atoms with van der Waals surface area (Å²) >= 11 is 0. The van der Waals surface area contributed by atoms with Crippen LogP contribution in [-0.4, -0.2) is 17.1 Å². The number of fused-ring (bicyclic) bond motifs is 1. The number of methoxy groups -OCH3 is 1. The second-order valence-corrected chi connectivity index (χ2v) is 4.55. The molecule has 0 radical (unpaired) electrons. The molecule has 0 amide bonds. The van der Waals surface area contributed by atoms with Gasteiger partial charge in [0.15, 0.2) is 0 Å². The second kappa shape index (κ2) is 7.41. The molecule has 0 aliphatic carbocycles. The minimum atomic E-state index is 0.777. The Morgan fingerprint density at radius 1 is 1.00 bits per heavy atom. The van der Waals surface area contributed by atoms with Crippen molar-refractivity contribution in [1.82, 2.24) is 9.97 Å². The Hall–Kier alpha value is -2.62. The minimum absolute atomic E-state index is 0.777. The standard InChI is InChI=1S/C16H15N3O.C2H6/c1-11-8-14-13(9-15(11)20-2)16(18-10-17-14)19-12-6-4-3-5-7-12;1-2/h3-10H,1-2H3,(H,17,18,19);1-2H3. The van der Waals surface area contributed by atoms with Crippen LogP contribution < -0.4 is 10.1 Å². The fourth-order valence-corrected chi connectivity index (χ4v) is 2.17. The van der Waals surface area contributed by atoms with Crippen molar-refractivity contribution in [3.63, 3.8) is 0 Å². The zero-order valence-electron chi connectivity index (χ0n) is 13.4. The second-order valence-electron chi connectivity index (χ2n) is 4.55. The highest BCUT2D eigenvalue weighted by atomic mass is 16.5. The number of hydrogen-bond donors (Lipinski definition) is 1. The van der Waals surface area contributed by atoms with Gasteiger partial charge in [0.05, 0.1) is 12.6 Å². The first-order valence-corrected chi connectivity index (χ1v) is 7.39. The third-order valence-corrected chi connectivity index (χ3v) is 3.19. The lowest BCUT2D eigenvalue weighted by Gasteiger charge is -2.11. The predicted octanol–water partition coefficient (Wildman–Crippen LogP) is 4.72. The van der Waals surface area contributed by atoms with Gasteiger partial charge in [0, 0.05) is 11.1 Å². The summed E-state index contributed by atoms with van der Waals surface area (Å²) in [5, 5.41) is 4.25. The van der Waals surface area contributed by atoms with E-state index < -0.39 is 0 Å². The van der Waals surface area contributed by atoms with Gasteiger partial charge < -0.3 is 10.1 Å². The van der Waals surface area contributed by atoms with Gasteiger partial charge >= 0.3 is 0 Å². The van der Waals surface area contributed by atoms with Crippen LogP contribution in [0.5, 0.6) is 5.75 Å². The highest BCUT2D eigenvalue weighted by Gasteiger charge is 2.08. The molecule has 1 N–H and O–H groups in total. The van der Waals surface area contributed by atoms with Crippen LogP contribution in [0.1, 0.15) is 19.4 Å². The van der Waals surface area contributed by atoms with E-state index in [0.717, 1.165) is 33.7 Å². The molecule has 3 rings (SSSR count). The van der Waals surface area contributed by atoms with Gasteiger partial charge in [-0.2, -0.15) is 0 Å². The summed E-state index contributed by atoms with van der Waals surface area (Å²) in [4.78, 5) is 8.64. The molecule has 0 aliphatic heterocycles. The Morgan fingerprint density at radius 3 is 2.41 bits per heavy atom. The maximum absolute atomic E-state index is 5.37. The number of aryl methyl sites for hydroxylation is 1. The van der Waals surface area contributed by atoms with Crippen LogP contribution >= 0.6 is 0 Å². The van der Waals surface area contributed by atoms with Crippen LogP contribution in [0.25, 0.3) is 10.9 Å². The first-order valence-electron chi connectivity index (χ1n) is 7.39. The molecule has 22 heavy (non-hydrogen) atoms. The molecule has 1 heterocycles. The van der Waals surface area contributed by atoms with Crippen molar-refractivity contribution < 1.29 is 4.74 Å². The largest absolute Gasteiger partial charge is 0.496 e. The smallest absolute Gasteiger partial charge is 0.141 e. The number of rotatable bonds is 3. The van der Waals surface area contributed by atoms with E-state index >= 15 is 0 Å². The fraction of sp³-hybridized carbons (Fsp3) is 0.222. The highest BCUT2D eigenvalue weighted by molar-refractivity contribution is 5.92. The molecular formula is C18H21N3O. The van der Waals surface area contributed by atoms with E-state index in [4.69, 9.17) is 4.74 Å². The molecule has 0 unspecified atom stereocenters. The summed E-state index contributed by atoms with van der Waals surface area (Å²) in [6.07, 6.45) is 1.57. The van der Waals surface area contributed by atoms with Crippen molar-refractivity contribution >= 4 is 22.4 Å². The lowest BCUT2D eigenvalue weighted by molar-refractivity contribution is 0.412. The predicted molar refractivity (Wildman–Crippen MR) is 91.9 cm³/mol. The first-order chi connectivity index (χ1) is 10.8. The number of aromatic nitrogens is 2. The minimum Gasteiger partial charge on any atom is -0.496 e. The Bertz CT molecular complexity index is 742. The van der Waals surface area contributed by atoms with Gasteiger partial charge in [-0.15, -0.1) is 0 Å². The molecule has 3 aromatic rings. The molecular weight excluding hydrogens is 274 g/mol. The molecule has 114 valence electrons. The monoisotopic (exact) mass is 295 g/mol. The summed E-state index contributed by atoms with van der Waals surface area (Å²) in [7, 11) is 1.67. The number of benzene rings is 2. The van der Waals surface area contributed by atoms with Crippen LogP contribution in [0.15, 0.2) is 48.8 Å². The van der Waals surface area contributed by atoms with Gasteiger partial charge in [-0.05, 0) is 36.8 Å². The molecule has 4 heteroatoms. The van der Waals surface area contributed by atoms with Crippen molar-refractivity contribution in [2.24, 2.45) is 0 Å². The SMILES string of the molecule is CC.COc1cc2c(Nc3ccccc3)ncnc2cc1C. The lowest BCUT2D eigenvalue weighted by Crippen LogP contribution is -1.97. The van der Waals surface area contributed by atoms with Crippen LogP contribution in [-0.2, 0) is 0 Å². The number of anilines is 2. The van der Waals surface area contributed by atoms with E-state index in [9.17, 15) is 0 Å². The van der Waals surface area contributed by atoms with Gasteiger partial charge in [-0.3, -0.25) is 0 Å². The van der Waals surface area contributed by atoms with Crippen molar-refractivity contribution in [2.75, 3.05) is 12.4 Å². The maximum atomic E-state index is 5.37. The van der Waals surface area contributed by atoms with Crippen LogP contribution in [0, 0.1) is 6.92 Å². The van der Waals surface area contributed by atoms with Crippen molar-refractivity contribution in [3.8, 4) is 5.75 Å². The Balaban J connectivity index is 0.000000847. The lowest BCUT2D eigenvalue weighted by atomic mass is 10.1. The molecule has 0 saturated heterocycles. The van der Waals surface area contributed by atoms with Crippen molar-refractivity contribution in [1.29, 1.82) is 0 Å². The summed E-state index contributed by atoms with van der Waals surface area (Å²) in [6, 6.07) is 13.9. The summed E-state index contributed by atoms with van der Waals surface area (Å²) in [5.41, 5.74) is 2.95. The van der Waals surface area contributed by atoms with E-state index in [1.54, 1.807) is 13.4 Å². The van der Waals surface area contributed by atoms with E-state index in [2.05, 4.69) is 15.3 Å². The Morgan fingerprint density at radius 2 is 1.73 bits per heavy atom. The molecule has 0 fully saturated rings. The average Bonchev–Trinajstić information content (AvgIpc) is 2.57. The van der Waals surface area contributed by atoms with Gasteiger partial charge in [-0.1, -0.05) is 32.0 Å². The topological polar surface area (TPSA) is 47.0 Å². The first kappa shape index (κ1) is 15.8. The number of nitrogens with zero attached hydrogens (tertiary/aromatic N) is 2. The maximum Gasteiger partial charge on any atom is 0.141 e. The highest BCUT2D eigenvalue weighted by Crippen LogP contribution is 2.29. The molecule has 0 bridgehead atoms. The fourth-order valence-electron chi connectivity index (χ4n) is 2.17. The molecule has 0 saturated carbocycles. The number of nitrogens with one attached hydrogen (secondary N) is 1. The normalized spacial score (nSPS) is 9.82. The van der Waals surface area contributed by atoms with Gasteiger partial charge in [0.25, 0.3) is 0 Å². The number of hydrogen-bond acceptors (Lipinski definition) is 4. The van der Waals surface area contributed by atoms with E-state index in [-0.39, 0.29) is 0 Å². The summed E-state index contributed by atoms with van der Waals surface area (Å²) in [5.74, 6) is 1.61. The van der Waals surface area contributed by atoms with Gasteiger partial charge in [0.1, 0.15) is 17.9 Å². The molecule has 0 spiro atoms. The zero-order chi connectivity index (χ0) is 15.9. The van der Waals surface area contributed by atoms with Crippen LogP contribution in [0.2, 0.25) is 0 Å². The summed E-state index contributed by atoms with van der Waals surface area (Å²) < 4.78 is 5.37. The van der Waals surface area contributed by atoms with E-state index in [1.165, 1.54) is 0 Å². The molecule has 2 aromatic carbocycles. The number of ether oxygens (including phenoxy) is 1. The molecule has 0 aliphatic rings. The number of para-hydroxylation sites is 1. The third kappa shape index (κ3) is 3.34. The third-order valence-electron chi connectivity index (χ3n) is 3.19. The van der Waals surface area contributed by atoms with Crippen molar-refractivity contribution in [3.05, 3.63) is 54.4 Å². The quantitative estimate of drug-likeness (QED) is 0.759. The Labute approximate surface area is 131 Å². The average molecular weight is 295 g/mol. The van der Waals surface area contributed by atoms with Crippen LogP contribution in [0.4, 0.5) is 11.5 Å².